The number of nitrogens with zero attached hydrogens (tertiary/aromatic N) is 1. The molecule has 1 aromatic heterocycles. The minimum Gasteiger partial charge on any atom is -0.372 e. The number of hydrogen-bond donors (Lipinski definition) is 1. The van der Waals surface area contributed by atoms with Gasteiger partial charge in [0.1, 0.15) is 11.9 Å². The van der Waals surface area contributed by atoms with Gasteiger partial charge in [-0.15, -0.1) is 0 Å². The summed E-state index contributed by atoms with van der Waals surface area (Å²) in [4.78, 5) is 16.3. The summed E-state index contributed by atoms with van der Waals surface area (Å²) in [7, 11) is 1.44. The molecule has 1 unspecified atom stereocenters. The van der Waals surface area contributed by atoms with Crippen molar-refractivity contribution in [2.24, 2.45) is 5.73 Å². The van der Waals surface area contributed by atoms with Crippen LogP contribution in [0.3, 0.4) is 0 Å². The number of primary amides is 1. The molecule has 0 saturated heterocycles. The molecule has 0 bridgehead atoms. The average Bonchev–Trinajstić information content (AvgIpc) is 2.58. The van der Waals surface area contributed by atoms with Gasteiger partial charge in [0, 0.05) is 35.4 Å². The zero-order valence-corrected chi connectivity index (χ0v) is 13.5. The van der Waals surface area contributed by atoms with E-state index >= 15 is 0 Å². The number of carbonyl (C=O) groups is 1. The van der Waals surface area contributed by atoms with Crippen molar-refractivity contribution in [3.05, 3.63) is 76.2 Å². The second-order valence-electron chi connectivity index (χ2n) is 5.22. The van der Waals surface area contributed by atoms with Crippen molar-refractivity contribution >= 4 is 28.4 Å². The lowest BCUT2D eigenvalue weighted by Crippen LogP contribution is -2.18. The molecule has 1 atom stereocenters. The van der Waals surface area contributed by atoms with E-state index in [1.807, 2.05) is 0 Å². The van der Waals surface area contributed by atoms with Crippen LogP contribution >= 0.6 is 11.6 Å². The zero-order chi connectivity index (χ0) is 17.3. The lowest BCUT2D eigenvalue weighted by molar-refractivity contribution is 0.0987. The third-order valence-corrected chi connectivity index (χ3v) is 4.15. The van der Waals surface area contributed by atoms with Crippen LogP contribution in [0, 0.1) is 5.82 Å². The van der Waals surface area contributed by atoms with Crippen LogP contribution in [0.5, 0.6) is 0 Å². The molecule has 24 heavy (non-hydrogen) atoms. The minimum absolute atomic E-state index is 0.154. The van der Waals surface area contributed by atoms with Gasteiger partial charge in [-0.25, -0.2) is 4.39 Å². The number of rotatable bonds is 4. The van der Waals surface area contributed by atoms with E-state index < -0.39 is 17.8 Å². The second-order valence-corrected chi connectivity index (χ2v) is 5.63. The van der Waals surface area contributed by atoms with Crippen molar-refractivity contribution in [2.75, 3.05) is 7.11 Å². The first kappa shape index (κ1) is 16.4. The van der Waals surface area contributed by atoms with Crippen LogP contribution in [0.25, 0.3) is 10.9 Å². The number of nitrogens with two attached hydrogens (primary N) is 1. The fourth-order valence-corrected chi connectivity index (χ4v) is 3.04. The van der Waals surface area contributed by atoms with Crippen LogP contribution in [0.1, 0.15) is 27.6 Å². The summed E-state index contributed by atoms with van der Waals surface area (Å²) in [5, 5.41) is 0.983. The molecule has 2 aromatic carbocycles. The molecule has 0 aliphatic carbocycles. The highest BCUT2D eigenvalue weighted by atomic mass is 35.5. The molecular weight excluding hydrogens is 331 g/mol. The number of ether oxygens (including phenoxy) is 1. The molecule has 122 valence electrons. The minimum atomic E-state index is -0.844. The van der Waals surface area contributed by atoms with Gasteiger partial charge in [-0.2, -0.15) is 0 Å². The molecular formula is C18H14ClFN2O2. The predicted octanol–water partition coefficient (Wildman–Crippen LogP) is 3.86. The molecule has 6 heteroatoms. The van der Waals surface area contributed by atoms with Gasteiger partial charge < -0.3 is 10.5 Å². The smallest absolute Gasteiger partial charge is 0.249 e. The van der Waals surface area contributed by atoms with Crippen molar-refractivity contribution in [3.8, 4) is 0 Å². The average molecular weight is 345 g/mol. The third-order valence-electron chi connectivity index (χ3n) is 3.83. The number of pyridine rings is 1. The van der Waals surface area contributed by atoms with Crippen LogP contribution in [0.2, 0.25) is 5.02 Å². The van der Waals surface area contributed by atoms with E-state index in [0.29, 0.717) is 21.5 Å². The van der Waals surface area contributed by atoms with Crippen molar-refractivity contribution < 1.29 is 13.9 Å². The molecule has 0 radical (unpaired) electrons. The van der Waals surface area contributed by atoms with Crippen LogP contribution < -0.4 is 5.73 Å². The summed E-state index contributed by atoms with van der Waals surface area (Å²) in [6, 6.07) is 11.2. The highest BCUT2D eigenvalue weighted by molar-refractivity contribution is 6.36. The van der Waals surface area contributed by atoms with Gasteiger partial charge in [0.15, 0.2) is 0 Å². The Morgan fingerprint density at radius 1 is 1.29 bits per heavy atom. The van der Waals surface area contributed by atoms with Crippen molar-refractivity contribution in [3.63, 3.8) is 0 Å². The van der Waals surface area contributed by atoms with E-state index in [1.165, 1.54) is 19.2 Å². The first-order valence-corrected chi connectivity index (χ1v) is 7.56. The Labute approximate surface area is 143 Å². The van der Waals surface area contributed by atoms with Gasteiger partial charge in [0.05, 0.1) is 10.5 Å². The largest absolute Gasteiger partial charge is 0.372 e. The van der Waals surface area contributed by atoms with Gasteiger partial charge in [-0.1, -0.05) is 29.8 Å². The number of amides is 1. The maximum atomic E-state index is 14.3. The summed E-state index contributed by atoms with van der Waals surface area (Å²) in [5.41, 5.74) is 6.80. The fourth-order valence-electron chi connectivity index (χ4n) is 2.78. The zero-order valence-electron chi connectivity index (χ0n) is 12.8. The van der Waals surface area contributed by atoms with Crippen molar-refractivity contribution in [1.29, 1.82) is 0 Å². The van der Waals surface area contributed by atoms with E-state index in [2.05, 4.69) is 4.98 Å². The highest BCUT2D eigenvalue weighted by Gasteiger charge is 2.26. The number of hydrogen-bond acceptors (Lipinski definition) is 3. The molecule has 0 aliphatic rings. The SMILES string of the molecule is COC(c1ccccc1F)c1c(C(N)=O)cc(Cl)c2cccnc12. The third kappa shape index (κ3) is 2.72. The van der Waals surface area contributed by atoms with Gasteiger partial charge in [-0.05, 0) is 24.3 Å². The number of benzene rings is 2. The summed E-state index contributed by atoms with van der Waals surface area (Å²) in [5.74, 6) is -1.13. The molecule has 0 saturated carbocycles. The molecule has 0 fully saturated rings. The molecule has 0 aliphatic heterocycles. The quantitative estimate of drug-likeness (QED) is 0.781. The topological polar surface area (TPSA) is 65.2 Å². The van der Waals surface area contributed by atoms with Crippen LogP contribution in [-0.4, -0.2) is 18.0 Å². The first-order valence-electron chi connectivity index (χ1n) is 7.18. The lowest BCUT2D eigenvalue weighted by atomic mass is 9.93. The molecule has 2 N–H and O–H groups in total. The summed E-state index contributed by atoms with van der Waals surface area (Å²) in [6.07, 6.45) is 0.726. The van der Waals surface area contributed by atoms with E-state index in [-0.39, 0.29) is 11.1 Å². The number of methoxy groups -OCH3 is 1. The van der Waals surface area contributed by atoms with Gasteiger partial charge >= 0.3 is 0 Å². The maximum absolute atomic E-state index is 14.3. The standard InChI is InChI=1S/C18H14ClFN2O2/c1-24-17(11-5-2-3-7-14(11)20)15-12(18(21)23)9-13(19)10-6-4-8-22-16(10)15/h2-9,17H,1H3,(H2,21,23). The number of carbonyl (C=O) groups excluding carboxylic acids is 1. The second kappa shape index (κ2) is 6.55. The Morgan fingerprint density at radius 2 is 2.04 bits per heavy atom. The van der Waals surface area contributed by atoms with Gasteiger partial charge in [-0.3, -0.25) is 9.78 Å². The summed E-state index contributed by atoms with van der Waals surface area (Å²) in [6.45, 7) is 0. The Morgan fingerprint density at radius 3 is 2.71 bits per heavy atom. The first-order chi connectivity index (χ1) is 11.5. The fraction of sp³-hybridized carbons (Fsp3) is 0.111. The Kier molecular flexibility index (Phi) is 4.46. The van der Waals surface area contributed by atoms with Gasteiger partial charge in [0.2, 0.25) is 5.91 Å². The Balaban J connectivity index is 2.38. The summed E-state index contributed by atoms with van der Waals surface area (Å²) >= 11 is 6.24. The van der Waals surface area contributed by atoms with E-state index in [9.17, 15) is 9.18 Å². The highest BCUT2D eigenvalue weighted by Crippen LogP contribution is 2.37. The molecule has 4 nitrogen and oxygen atoms in total. The predicted molar refractivity (Wildman–Crippen MR) is 90.5 cm³/mol. The number of fused-ring (bicyclic) bond motifs is 1. The van der Waals surface area contributed by atoms with E-state index in [1.54, 1.807) is 36.5 Å². The van der Waals surface area contributed by atoms with Crippen LogP contribution in [0.4, 0.5) is 4.39 Å². The van der Waals surface area contributed by atoms with Crippen LogP contribution in [-0.2, 0) is 4.74 Å². The number of aromatic nitrogens is 1. The Hall–Kier alpha value is -2.50. The molecule has 0 spiro atoms. The van der Waals surface area contributed by atoms with Crippen LogP contribution in [0.15, 0.2) is 48.7 Å². The van der Waals surface area contributed by atoms with E-state index in [0.717, 1.165) is 0 Å². The lowest BCUT2D eigenvalue weighted by Gasteiger charge is -2.21. The van der Waals surface area contributed by atoms with Crippen molar-refractivity contribution in [1.82, 2.24) is 4.98 Å². The molecule has 1 amide bonds. The normalized spacial score (nSPS) is 12.3. The Bertz CT molecular complexity index is 930. The van der Waals surface area contributed by atoms with Gasteiger partial charge in [0.25, 0.3) is 0 Å². The summed E-state index contributed by atoms with van der Waals surface area (Å²) < 4.78 is 19.8. The molecule has 1 heterocycles. The molecule has 3 rings (SSSR count). The number of halogens is 2. The van der Waals surface area contributed by atoms with E-state index in [4.69, 9.17) is 22.1 Å². The monoisotopic (exact) mass is 344 g/mol. The van der Waals surface area contributed by atoms with Crippen molar-refractivity contribution in [2.45, 2.75) is 6.10 Å². The molecule has 3 aromatic rings. The maximum Gasteiger partial charge on any atom is 0.249 e.